The minimum Gasteiger partial charge on any atom is -0.497 e. The van der Waals surface area contributed by atoms with Crippen LogP contribution in [0, 0.1) is 0 Å². The van der Waals surface area contributed by atoms with Gasteiger partial charge in [0.25, 0.3) is 0 Å². The van der Waals surface area contributed by atoms with Crippen LogP contribution in [0.25, 0.3) is 0 Å². The van der Waals surface area contributed by atoms with Crippen LogP contribution in [0.2, 0.25) is 0 Å². The maximum absolute atomic E-state index is 12.7. The van der Waals surface area contributed by atoms with Crippen LogP contribution < -0.4 is 9.47 Å². The molecule has 1 aliphatic heterocycles. The molecule has 1 heterocycles. The molecule has 0 aliphatic carbocycles. The summed E-state index contributed by atoms with van der Waals surface area (Å²) in [6.45, 7) is 5.25. The van der Waals surface area contributed by atoms with Crippen LogP contribution in [0.4, 0.5) is 0 Å². The van der Waals surface area contributed by atoms with Crippen molar-refractivity contribution >= 4 is 5.97 Å². The van der Waals surface area contributed by atoms with E-state index >= 15 is 0 Å². The third-order valence-electron chi connectivity index (χ3n) is 6.43. The van der Waals surface area contributed by atoms with Crippen LogP contribution >= 0.6 is 0 Å². The SMILES string of the molecule is C=C[C@H]1C[C@](O)(C(=O)OC)[C@@H](CCCCOCc2ccc(OC)cc2)N(Cc2ccc(OC)cc2)O1. The monoisotopic (exact) mass is 499 g/mol. The number of hydrogen-bond donors (Lipinski definition) is 1. The van der Waals surface area contributed by atoms with E-state index in [9.17, 15) is 9.90 Å². The Morgan fingerprint density at radius 1 is 1.06 bits per heavy atom. The predicted molar refractivity (Wildman–Crippen MR) is 135 cm³/mol. The van der Waals surface area contributed by atoms with Crippen molar-refractivity contribution in [2.45, 2.75) is 56.6 Å². The van der Waals surface area contributed by atoms with Crippen LogP contribution in [-0.2, 0) is 32.3 Å². The molecule has 0 unspecified atom stereocenters. The van der Waals surface area contributed by atoms with E-state index in [-0.39, 0.29) is 6.42 Å². The summed E-state index contributed by atoms with van der Waals surface area (Å²) >= 11 is 0. The molecule has 0 bridgehead atoms. The number of methoxy groups -OCH3 is 3. The van der Waals surface area contributed by atoms with E-state index in [1.807, 2.05) is 48.5 Å². The average molecular weight is 500 g/mol. The first-order valence-electron chi connectivity index (χ1n) is 12.1. The van der Waals surface area contributed by atoms with Crippen LogP contribution in [0.5, 0.6) is 11.5 Å². The van der Waals surface area contributed by atoms with E-state index in [4.69, 9.17) is 23.8 Å². The smallest absolute Gasteiger partial charge is 0.339 e. The van der Waals surface area contributed by atoms with Gasteiger partial charge in [-0.05, 0) is 54.7 Å². The molecule has 0 amide bonds. The topological polar surface area (TPSA) is 86.7 Å². The molecule has 8 nitrogen and oxygen atoms in total. The molecule has 2 aromatic rings. The molecular formula is C28H37NO7. The molecule has 0 spiro atoms. The molecule has 1 N–H and O–H groups in total. The number of rotatable bonds is 13. The van der Waals surface area contributed by atoms with Gasteiger partial charge in [-0.15, -0.1) is 6.58 Å². The zero-order chi connectivity index (χ0) is 26.0. The number of ether oxygens (including phenoxy) is 4. The number of benzene rings is 2. The summed E-state index contributed by atoms with van der Waals surface area (Å²) in [4.78, 5) is 18.9. The van der Waals surface area contributed by atoms with Crippen LogP contribution in [0.15, 0.2) is 61.2 Å². The lowest BCUT2D eigenvalue weighted by Crippen LogP contribution is -2.63. The van der Waals surface area contributed by atoms with Gasteiger partial charge in [0, 0.05) is 19.6 Å². The quantitative estimate of drug-likeness (QED) is 0.251. The van der Waals surface area contributed by atoms with E-state index in [0.29, 0.717) is 26.2 Å². The standard InChI is InChI=1S/C28H37NO7/c1-5-23-18-28(31,27(30)34-4)26(29(36-23)19-21-9-13-24(32-2)14-10-21)8-6-7-17-35-20-22-11-15-25(33-3)16-12-22/h5,9-16,23,26,31H,1,6-8,17-20H2,2-4H3/t23-,26+,28+/m0/s1. The Kier molecular flexibility index (Phi) is 10.3. The molecule has 1 saturated heterocycles. The summed E-state index contributed by atoms with van der Waals surface area (Å²) in [5.41, 5.74) is 0.306. The highest BCUT2D eigenvalue weighted by molar-refractivity contribution is 5.80. The number of hydrogen-bond acceptors (Lipinski definition) is 8. The highest BCUT2D eigenvalue weighted by Crippen LogP contribution is 2.35. The number of aliphatic hydroxyl groups is 1. The van der Waals surface area contributed by atoms with Gasteiger partial charge in [0.15, 0.2) is 5.60 Å². The van der Waals surface area contributed by atoms with Gasteiger partial charge in [0.05, 0.1) is 34.0 Å². The lowest BCUT2D eigenvalue weighted by atomic mass is 9.83. The summed E-state index contributed by atoms with van der Waals surface area (Å²) in [6, 6.07) is 14.8. The van der Waals surface area contributed by atoms with E-state index in [1.165, 1.54) is 7.11 Å². The number of esters is 1. The van der Waals surface area contributed by atoms with Crippen LogP contribution in [-0.4, -0.2) is 61.8 Å². The van der Waals surface area contributed by atoms with Crippen LogP contribution in [0.1, 0.15) is 36.8 Å². The van der Waals surface area contributed by atoms with Gasteiger partial charge in [0.2, 0.25) is 0 Å². The van der Waals surface area contributed by atoms with Gasteiger partial charge in [0.1, 0.15) is 17.6 Å². The summed E-state index contributed by atoms with van der Waals surface area (Å²) in [6.07, 6.45) is 3.19. The van der Waals surface area contributed by atoms with Crippen molar-refractivity contribution in [1.82, 2.24) is 5.06 Å². The molecule has 8 heteroatoms. The molecule has 3 atom stereocenters. The van der Waals surface area contributed by atoms with Crippen molar-refractivity contribution in [3.63, 3.8) is 0 Å². The summed E-state index contributed by atoms with van der Waals surface area (Å²) in [5, 5.41) is 13.2. The second kappa shape index (κ2) is 13.4. The first kappa shape index (κ1) is 27.7. The second-order valence-corrected chi connectivity index (χ2v) is 8.84. The molecule has 0 radical (unpaired) electrons. The van der Waals surface area contributed by atoms with Crippen molar-refractivity contribution in [1.29, 1.82) is 0 Å². The minimum absolute atomic E-state index is 0.0842. The third kappa shape index (κ3) is 7.07. The Hall–Kier alpha value is -2.91. The zero-order valence-electron chi connectivity index (χ0n) is 21.4. The van der Waals surface area contributed by atoms with Crippen molar-refractivity contribution in [3.8, 4) is 11.5 Å². The number of unbranched alkanes of at least 4 members (excludes halogenated alkanes) is 1. The van der Waals surface area contributed by atoms with E-state index in [1.54, 1.807) is 25.4 Å². The lowest BCUT2D eigenvalue weighted by Gasteiger charge is -2.47. The first-order valence-corrected chi connectivity index (χ1v) is 12.1. The normalized spacial score (nSPS) is 22.1. The molecule has 0 saturated carbocycles. The minimum atomic E-state index is -1.72. The highest BCUT2D eigenvalue weighted by Gasteiger charge is 2.53. The summed E-state index contributed by atoms with van der Waals surface area (Å²) < 4.78 is 21.2. The molecular weight excluding hydrogens is 462 g/mol. The van der Waals surface area contributed by atoms with Crippen molar-refractivity contribution in [2.75, 3.05) is 27.9 Å². The average Bonchev–Trinajstić information content (AvgIpc) is 2.91. The second-order valence-electron chi connectivity index (χ2n) is 8.84. The Morgan fingerprint density at radius 3 is 2.22 bits per heavy atom. The van der Waals surface area contributed by atoms with Gasteiger partial charge in [-0.1, -0.05) is 30.3 Å². The largest absolute Gasteiger partial charge is 0.497 e. The van der Waals surface area contributed by atoms with Gasteiger partial charge in [-0.3, -0.25) is 4.84 Å². The fourth-order valence-corrected chi connectivity index (χ4v) is 4.38. The van der Waals surface area contributed by atoms with Gasteiger partial charge < -0.3 is 24.1 Å². The van der Waals surface area contributed by atoms with E-state index in [0.717, 1.165) is 35.5 Å². The molecule has 36 heavy (non-hydrogen) atoms. The Balaban J connectivity index is 1.63. The molecule has 1 aliphatic rings. The zero-order valence-corrected chi connectivity index (χ0v) is 21.4. The number of carbonyl (C=O) groups excluding carboxylic acids is 1. The van der Waals surface area contributed by atoms with E-state index < -0.39 is 23.7 Å². The van der Waals surface area contributed by atoms with Gasteiger partial charge in [-0.2, -0.15) is 5.06 Å². The highest BCUT2D eigenvalue weighted by atomic mass is 16.7. The predicted octanol–water partition coefficient (Wildman–Crippen LogP) is 4.06. The molecule has 0 aromatic heterocycles. The third-order valence-corrected chi connectivity index (χ3v) is 6.43. The van der Waals surface area contributed by atoms with Crippen molar-refractivity contribution < 1.29 is 33.7 Å². The molecule has 1 fully saturated rings. The molecule has 2 aromatic carbocycles. The van der Waals surface area contributed by atoms with Gasteiger partial charge in [-0.25, -0.2) is 4.79 Å². The maximum atomic E-state index is 12.7. The van der Waals surface area contributed by atoms with Crippen LogP contribution in [0.3, 0.4) is 0 Å². The molecule has 196 valence electrons. The number of hydroxylamine groups is 2. The maximum Gasteiger partial charge on any atom is 0.339 e. The fourth-order valence-electron chi connectivity index (χ4n) is 4.38. The number of nitrogens with zero attached hydrogens (tertiary/aromatic N) is 1. The summed E-state index contributed by atoms with van der Waals surface area (Å²) in [5.74, 6) is 0.891. The van der Waals surface area contributed by atoms with Gasteiger partial charge >= 0.3 is 5.97 Å². The number of carbonyl (C=O) groups is 1. The van der Waals surface area contributed by atoms with E-state index in [2.05, 4.69) is 6.58 Å². The van der Waals surface area contributed by atoms with Crippen molar-refractivity contribution in [2.24, 2.45) is 0 Å². The van der Waals surface area contributed by atoms with Crippen molar-refractivity contribution in [3.05, 3.63) is 72.3 Å². The Morgan fingerprint density at radius 2 is 1.67 bits per heavy atom. The Bertz CT molecular complexity index is 963. The summed E-state index contributed by atoms with van der Waals surface area (Å²) in [7, 11) is 4.54. The lowest BCUT2D eigenvalue weighted by molar-refractivity contribution is -0.294. The fraction of sp³-hybridized carbons (Fsp3) is 0.464. The Labute approximate surface area is 213 Å². The first-order chi connectivity index (χ1) is 17.4. The molecule has 3 rings (SSSR count).